The third-order valence-corrected chi connectivity index (χ3v) is 3.31. The van der Waals surface area contributed by atoms with E-state index in [1.807, 2.05) is 0 Å². The van der Waals surface area contributed by atoms with Gasteiger partial charge in [-0.05, 0) is 41.9 Å². The molecule has 74 valence electrons. The van der Waals surface area contributed by atoms with Gasteiger partial charge in [-0.3, -0.25) is 0 Å². The molecule has 1 aliphatic carbocycles. The van der Waals surface area contributed by atoms with Crippen LogP contribution in [0.2, 0.25) is 0 Å². The van der Waals surface area contributed by atoms with Crippen LogP contribution in [0.4, 0.5) is 0 Å². The average molecular weight is 187 g/mol. The van der Waals surface area contributed by atoms with Crippen LogP contribution < -0.4 is 0 Å². The molecular weight excluding hydrogens is 170 g/mol. The third kappa shape index (κ3) is 1.37. The maximum atomic E-state index is 7.83. The van der Waals surface area contributed by atoms with Crippen LogP contribution in [0.5, 0.6) is 0 Å². The van der Waals surface area contributed by atoms with Crippen LogP contribution in [-0.4, -0.2) is 5.71 Å². The van der Waals surface area contributed by atoms with Crippen molar-refractivity contribution in [3.63, 3.8) is 0 Å². The van der Waals surface area contributed by atoms with Crippen molar-refractivity contribution in [2.45, 2.75) is 39.0 Å². The molecular formula is C13H17N. The molecule has 1 N–H and O–H groups in total. The Bertz CT molecular complexity index is 365. The fourth-order valence-electron chi connectivity index (χ4n) is 2.23. The predicted molar refractivity (Wildman–Crippen MR) is 60.3 cm³/mol. The van der Waals surface area contributed by atoms with E-state index >= 15 is 0 Å². The molecule has 1 heteroatoms. The summed E-state index contributed by atoms with van der Waals surface area (Å²) in [6.45, 7) is 4.50. The van der Waals surface area contributed by atoms with Crippen LogP contribution >= 0.6 is 0 Å². The van der Waals surface area contributed by atoms with Crippen LogP contribution in [0.25, 0.3) is 0 Å². The standard InChI is InChI=1S/C13H17N/c1-3-9(2)10-5-4-6-12-11(10)7-8-13(12)14/h4-6,9,14H,3,7-8H2,1-2H3. The maximum absolute atomic E-state index is 7.83. The second-order valence-electron chi connectivity index (χ2n) is 4.16. The third-order valence-electron chi connectivity index (χ3n) is 3.31. The van der Waals surface area contributed by atoms with Gasteiger partial charge in [-0.1, -0.05) is 32.0 Å². The molecule has 0 heterocycles. The highest BCUT2D eigenvalue weighted by Gasteiger charge is 2.20. The molecule has 1 nitrogen and oxygen atoms in total. The van der Waals surface area contributed by atoms with E-state index in [1.54, 1.807) is 0 Å². The summed E-state index contributed by atoms with van der Waals surface area (Å²) >= 11 is 0. The van der Waals surface area contributed by atoms with Gasteiger partial charge in [0.15, 0.2) is 0 Å². The molecule has 0 amide bonds. The Morgan fingerprint density at radius 1 is 1.36 bits per heavy atom. The minimum atomic E-state index is 0.635. The smallest absolute Gasteiger partial charge is 0.0392 e. The summed E-state index contributed by atoms with van der Waals surface area (Å²) in [5, 5.41) is 7.83. The Balaban J connectivity index is 2.49. The van der Waals surface area contributed by atoms with Crippen molar-refractivity contribution < 1.29 is 0 Å². The molecule has 2 rings (SSSR count). The van der Waals surface area contributed by atoms with Crippen LogP contribution in [0.15, 0.2) is 18.2 Å². The monoisotopic (exact) mass is 187 g/mol. The Labute approximate surface area is 85.7 Å². The fraction of sp³-hybridized carbons (Fsp3) is 0.462. The Morgan fingerprint density at radius 3 is 2.86 bits per heavy atom. The minimum Gasteiger partial charge on any atom is -0.305 e. The summed E-state index contributed by atoms with van der Waals surface area (Å²) in [5.41, 5.74) is 4.92. The van der Waals surface area contributed by atoms with Gasteiger partial charge in [0.2, 0.25) is 0 Å². The van der Waals surface area contributed by atoms with Crippen LogP contribution in [0.3, 0.4) is 0 Å². The first-order valence-corrected chi connectivity index (χ1v) is 5.43. The number of hydrogen-bond donors (Lipinski definition) is 1. The topological polar surface area (TPSA) is 23.9 Å². The van der Waals surface area contributed by atoms with Gasteiger partial charge in [0.1, 0.15) is 0 Å². The van der Waals surface area contributed by atoms with E-state index in [1.165, 1.54) is 23.1 Å². The summed E-state index contributed by atoms with van der Waals surface area (Å²) in [5.74, 6) is 0.635. The quantitative estimate of drug-likeness (QED) is 0.732. The highest BCUT2D eigenvalue weighted by atomic mass is 14.4. The van der Waals surface area contributed by atoms with E-state index in [4.69, 9.17) is 5.41 Å². The van der Waals surface area contributed by atoms with Gasteiger partial charge < -0.3 is 5.41 Å². The Kier molecular flexibility index (Phi) is 2.40. The molecule has 0 saturated carbocycles. The number of hydrogen-bond acceptors (Lipinski definition) is 1. The van der Waals surface area contributed by atoms with Crippen molar-refractivity contribution in [3.8, 4) is 0 Å². The zero-order valence-corrected chi connectivity index (χ0v) is 8.93. The zero-order valence-electron chi connectivity index (χ0n) is 8.93. The number of rotatable bonds is 2. The number of benzene rings is 1. The van der Waals surface area contributed by atoms with Gasteiger partial charge in [0, 0.05) is 5.71 Å². The SMILES string of the molecule is CCC(C)c1cccc2c1CCC2=N. The van der Waals surface area contributed by atoms with E-state index in [0.29, 0.717) is 5.92 Å². The lowest BCUT2D eigenvalue weighted by atomic mass is 9.92. The number of nitrogens with one attached hydrogen (secondary N) is 1. The molecule has 0 bridgehead atoms. The first kappa shape index (κ1) is 9.45. The van der Waals surface area contributed by atoms with Crippen molar-refractivity contribution in [2.24, 2.45) is 0 Å². The van der Waals surface area contributed by atoms with Crippen molar-refractivity contribution in [2.75, 3.05) is 0 Å². The van der Waals surface area contributed by atoms with E-state index in [0.717, 1.165) is 18.6 Å². The molecule has 1 atom stereocenters. The van der Waals surface area contributed by atoms with E-state index in [2.05, 4.69) is 32.0 Å². The van der Waals surface area contributed by atoms with Gasteiger partial charge in [-0.15, -0.1) is 0 Å². The summed E-state index contributed by atoms with van der Waals surface area (Å²) in [4.78, 5) is 0. The lowest BCUT2D eigenvalue weighted by molar-refractivity contribution is 0.724. The highest BCUT2D eigenvalue weighted by Crippen LogP contribution is 2.30. The van der Waals surface area contributed by atoms with E-state index in [-0.39, 0.29) is 0 Å². The van der Waals surface area contributed by atoms with Gasteiger partial charge in [-0.25, -0.2) is 0 Å². The molecule has 1 aromatic carbocycles. The Hall–Kier alpha value is -1.11. The van der Waals surface area contributed by atoms with E-state index in [9.17, 15) is 0 Å². The maximum Gasteiger partial charge on any atom is 0.0392 e. The molecule has 1 unspecified atom stereocenters. The molecule has 0 spiro atoms. The lowest BCUT2D eigenvalue weighted by Crippen LogP contribution is -1.98. The van der Waals surface area contributed by atoms with Crippen molar-refractivity contribution in [1.82, 2.24) is 0 Å². The molecule has 0 aliphatic heterocycles. The average Bonchev–Trinajstić information content (AvgIpc) is 2.59. The molecule has 0 radical (unpaired) electrons. The largest absolute Gasteiger partial charge is 0.305 e. The first-order valence-electron chi connectivity index (χ1n) is 5.43. The first-order chi connectivity index (χ1) is 6.74. The molecule has 0 fully saturated rings. The lowest BCUT2D eigenvalue weighted by Gasteiger charge is -2.13. The second-order valence-corrected chi connectivity index (χ2v) is 4.16. The number of fused-ring (bicyclic) bond motifs is 1. The molecule has 1 aliphatic rings. The highest BCUT2D eigenvalue weighted by molar-refractivity contribution is 6.02. The zero-order chi connectivity index (χ0) is 10.1. The van der Waals surface area contributed by atoms with Crippen molar-refractivity contribution in [1.29, 1.82) is 5.41 Å². The van der Waals surface area contributed by atoms with Gasteiger partial charge in [0.25, 0.3) is 0 Å². The van der Waals surface area contributed by atoms with Gasteiger partial charge in [0.05, 0.1) is 0 Å². The molecule has 0 saturated heterocycles. The van der Waals surface area contributed by atoms with E-state index < -0.39 is 0 Å². The van der Waals surface area contributed by atoms with Crippen LogP contribution in [0, 0.1) is 5.41 Å². The minimum absolute atomic E-state index is 0.635. The van der Waals surface area contributed by atoms with Crippen LogP contribution in [-0.2, 0) is 6.42 Å². The normalized spacial score (nSPS) is 16.9. The summed E-state index contributed by atoms with van der Waals surface area (Å²) in [6, 6.07) is 6.42. The van der Waals surface area contributed by atoms with Gasteiger partial charge in [-0.2, -0.15) is 0 Å². The fourth-order valence-corrected chi connectivity index (χ4v) is 2.23. The predicted octanol–water partition coefficient (Wildman–Crippen LogP) is 3.51. The van der Waals surface area contributed by atoms with Crippen LogP contribution in [0.1, 0.15) is 49.3 Å². The second kappa shape index (κ2) is 3.56. The molecule has 14 heavy (non-hydrogen) atoms. The molecule has 0 aromatic heterocycles. The van der Waals surface area contributed by atoms with Crippen molar-refractivity contribution >= 4 is 5.71 Å². The summed E-state index contributed by atoms with van der Waals surface area (Å²) < 4.78 is 0. The van der Waals surface area contributed by atoms with Gasteiger partial charge >= 0.3 is 0 Å². The summed E-state index contributed by atoms with van der Waals surface area (Å²) in [7, 11) is 0. The van der Waals surface area contributed by atoms with Crippen molar-refractivity contribution in [3.05, 3.63) is 34.9 Å². The Morgan fingerprint density at radius 2 is 2.14 bits per heavy atom. The molecule has 1 aromatic rings. The summed E-state index contributed by atoms with van der Waals surface area (Å²) in [6.07, 6.45) is 3.20.